The molecule has 0 radical (unpaired) electrons. The van der Waals surface area contributed by atoms with Crippen molar-refractivity contribution < 1.29 is 5.11 Å². The highest BCUT2D eigenvalue weighted by Crippen LogP contribution is 2.36. The Morgan fingerprint density at radius 2 is 1.55 bits per heavy atom. The van der Waals surface area contributed by atoms with Crippen molar-refractivity contribution in [3.63, 3.8) is 0 Å². The van der Waals surface area contributed by atoms with Gasteiger partial charge in [-0.3, -0.25) is 0 Å². The molecule has 1 rings (SSSR count). The fourth-order valence-corrected chi connectivity index (χ4v) is 1.79. The second-order valence-electron chi connectivity index (χ2n) is 1.69. The van der Waals surface area contributed by atoms with E-state index < -0.39 is 0 Å². The molecule has 0 saturated heterocycles. The Bertz CT molecular complexity index is 237. The predicted octanol–water partition coefficient (Wildman–Crippen LogP) is 4.10. The largest absolute Gasteiger partial charge is 0.507 e. The Morgan fingerprint density at radius 3 is 2.00 bits per heavy atom. The van der Waals surface area contributed by atoms with Crippen LogP contribution in [0.5, 0.6) is 5.75 Å². The van der Waals surface area contributed by atoms with E-state index in [0.717, 1.165) is 8.95 Å². The smallest absolute Gasteiger partial charge is 0.130 e. The maximum Gasteiger partial charge on any atom is 0.130 e. The molecule has 1 aromatic carbocycles. The van der Waals surface area contributed by atoms with E-state index in [4.69, 9.17) is 5.11 Å². The van der Waals surface area contributed by atoms with Gasteiger partial charge in [-0.2, -0.15) is 0 Å². The van der Waals surface area contributed by atoms with Crippen molar-refractivity contribution >= 4 is 60.2 Å². The first-order valence-corrected chi connectivity index (χ1v) is 4.83. The number of halogens is 4. The van der Waals surface area contributed by atoms with Crippen LogP contribution >= 0.6 is 60.2 Å². The molecule has 0 atom stereocenters. The van der Waals surface area contributed by atoms with E-state index >= 15 is 0 Å². The molecule has 62 valence electrons. The van der Waals surface area contributed by atoms with Gasteiger partial charge in [-0.1, -0.05) is 0 Å². The standard InChI is InChI=1S/C6H3Br3O.ClH/c7-3-1-2-4(10)6(9)5(3)8;/h1-2,10H;1H. The lowest BCUT2D eigenvalue weighted by Gasteiger charge is -2.00. The van der Waals surface area contributed by atoms with Crippen LogP contribution in [0.25, 0.3) is 0 Å². The van der Waals surface area contributed by atoms with Gasteiger partial charge in [-0.25, -0.2) is 0 Å². The summed E-state index contributed by atoms with van der Waals surface area (Å²) >= 11 is 9.77. The van der Waals surface area contributed by atoms with Gasteiger partial charge in [0, 0.05) is 8.95 Å². The number of hydrogen-bond donors (Lipinski definition) is 1. The second-order valence-corrected chi connectivity index (χ2v) is 4.13. The van der Waals surface area contributed by atoms with Crippen LogP contribution in [0.4, 0.5) is 0 Å². The van der Waals surface area contributed by atoms with E-state index in [1.54, 1.807) is 12.1 Å². The number of aromatic hydroxyl groups is 1. The topological polar surface area (TPSA) is 20.2 Å². The summed E-state index contributed by atoms with van der Waals surface area (Å²) in [5.74, 6) is 0.232. The quantitative estimate of drug-likeness (QED) is 0.685. The number of phenolic OH excluding ortho intramolecular Hbond substituents is 1. The summed E-state index contributed by atoms with van der Waals surface area (Å²) in [6.45, 7) is 0. The summed E-state index contributed by atoms with van der Waals surface area (Å²) < 4.78 is 2.41. The molecule has 0 aliphatic heterocycles. The van der Waals surface area contributed by atoms with Gasteiger partial charge in [0.2, 0.25) is 0 Å². The van der Waals surface area contributed by atoms with Crippen molar-refractivity contribution in [2.24, 2.45) is 0 Å². The number of phenols is 1. The van der Waals surface area contributed by atoms with Crippen LogP contribution in [-0.4, -0.2) is 5.11 Å². The molecule has 0 heterocycles. The summed E-state index contributed by atoms with van der Waals surface area (Å²) in [7, 11) is 0. The Kier molecular flexibility index (Phi) is 5.02. The van der Waals surface area contributed by atoms with Gasteiger partial charge in [-0.05, 0) is 59.9 Å². The Labute approximate surface area is 96.0 Å². The number of hydrogen-bond acceptors (Lipinski definition) is 1. The zero-order valence-corrected chi connectivity index (χ0v) is 10.7. The van der Waals surface area contributed by atoms with Crippen LogP contribution < -0.4 is 0 Å². The summed E-state index contributed by atoms with van der Waals surface area (Å²) in [4.78, 5) is 0. The molecule has 0 aromatic heterocycles. The molecule has 0 unspecified atom stereocenters. The van der Waals surface area contributed by atoms with Crippen LogP contribution in [0.1, 0.15) is 0 Å². The molecule has 0 saturated carbocycles. The fourth-order valence-electron chi connectivity index (χ4n) is 0.516. The number of benzene rings is 1. The molecule has 1 N–H and O–H groups in total. The molecule has 0 fully saturated rings. The minimum Gasteiger partial charge on any atom is -0.507 e. The molecule has 0 aliphatic carbocycles. The molecule has 1 aromatic rings. The van der Waals surface area contributed by atoms with Crippen molar-refractivity contribution in [3.8, 4) is 5.75 Å². The average molecular weight is 367 g/mol. The maximum absolute atomic E-state index is 9.13. The van der Waals surface area contributed by atoms with Crippen molar-refractivity contribution in [3.05, 3.63) is 25.6 Å². The van der Waals surface area contributed by atoms with E-state index in [9.17, 15) is 0 Å². The number of rotatable bonds is 0. The SMILES string of the molecule is Cl.Oc1ccc(Br)c(Br)c1Br. The van der Waals surface area contributed by atoms with Crippen LogP contribution in [0, 0.1) is 0 Å². The van der Waals surface area contributed by atoms with Crippen LogP contribution in [0.2, 0.25) is 0 Å². The van der Waals surface area contributed by atoms with Crippen molar-refractivity contribution in [2.45, 2.75) is 0 Å². The molecule has 0 spiro atoms. The summed E-state index contributed by atoms with van der Waals surface area (Å²) in [6.07, 6.45) is 0. The predicted molar refractivity (Wildman–Crippen MR) is 58.5 cm³/mol. The Balaban J connectivity index is 0.000001000. The minimum absolute atomic E-state index is 0. The average Bonchev–Trinajstić information content (AvgIpc) is 1.93. The lowest BCUT2D eigenvalue weighted by molar-refractivity contribution is 0.471. The zero-order chi connectivity index (χ0) is 7.72. The van der Waals surface area contributed by atoms with E-state index in [2.05, 4.69) is 47.8 Å². The maximum atomic E-state index is 9.13. The van der Waals surface area contributed by atoms with Crippen molar-refractivity contribution in [1.82, 2.24) is 0 Å². The van der Waals surface area contributed by atoms with Crippen LogP contribution in [0.15, 0.2) is 25.6 Å². The van der Waals surface area contributed by atoms with Gasteiger partial charge in [0.15, 0.2) is 0 Å². The molecule has 0 aliphatic rings. The minimum atomic E-state index is 0. The molecule has 0 bridgehead atoms. The van der Waals surface area contributed by atoms with E-state index in [1.165, 1.54) is 0 Å². The third-order valence-electron chi connectivity index (χ3n) is 1.01. The highest BCUT2D eigenvalue weighted by Gasteiger charge is 2.04. The van der Waals surface area contributed by atoms with Crippen molar-refractivity contribution in [2.75, 3.05) is 0 Å². The van der Waals surface area contributed by atoms with Crippen LogP contribution in [0.3, 0.4) is 0 Å². The van der Waals surface area contributed by atoms with Crippen molar-refractivity contribution in [1.29, 1.82) is 0 Å². The molecular weight excluding hydrogens is 363 g/mol. The van der Waals surface area contributed by atoms with E-state index in [0.29, 0.717) is 4.47 Å². The lowest BCUT2D eigenvalue weighted by atomic mass is 10.3. The van der Waals surface area contributed by atoms with E-state index in [1.807, 2.05) is 0 Å². The first-order chi connectivity index (χ1) is 4.63. The van der Waals surface area contributed by atoms with Gasteiger partial charge < -0.3 is 5.11 Å². The third-order valence-corrected chi connectivity index (χ3v) is 4.37. The van der Waals surface area contributed by atoms with Gasteiger partial charge in [0.25, 0.3) is 0 Å². The normalized spacial score (nSPS) is 9.00. The lowest BCUT2D eigenvalue weighted by Crippen LogP contribution is -1.72. The third kappa shape index (κ3) is 2.61. The van der Waals surface area contributed by atoms with Gasteiger partial charge in [0.1, 0.15) is 5.75 Å². The first kappa shape index (κ1) is 11.8. The summed E-state index contributed by atoms with van der Waals surface area (Å²) in [5.41, 5.74) is 0. The molecule has 0 amide bonds. The molecule has 1 nitrogen and oxygen atoms in total. The monoisotopic (exact) mass is 364 g/mol. The van der Waals surface area contributed by atoms with Gasteiger partial charge >= 0.3 is 0 Å². The zero-order valence-electron chi connectivity index (χ0n) is 5.14. The molecule has 11 heavy (non-hydrogen) atoms. The summed E-state index contributed by atoms with van der Waals surface area (Å²) in [6, 6.07) is 3.38. The second kappa shape index (κ2) is 4.70. The van der Waals surface area contributed by atoms with Gasteiger partial charge in [-0.15, -0.1) is 12.4 Å². The van der Waals surface area contributed by atoms with E-state index in [-0.39, 0.29) is 18.2 Å². The highest BCUT2D eigenvalue weighted by atomic mass is 79.9. The highest BCUT2D eigenvalue weighted by molar-refractivity contribution is 9.14. The Morgan fingerprint density at radius 1 is 1.00 bits per heavy atom. The summed E-state index contributed by atoms with van der Waals surface area (Å²) in [5, 5.41) is 9.13. The Hall–Kier alpha value is 0.750. The first-order valence-electron chi connectivity index (χ1n) is 2.45. The van der Waals surface area contributed by atoms with Gasteiger partial charge in [0.05, 0.1) is 4.47 Å². The fraction of sp³-hybridized carbons (Fsp3) is 0. The molecule has 5 heteroatoms. The molecular formula is C6H4Br3ClO. The van der Waals surface area contributed by atoms with Crippen LogP contribution in [-0.2, 0) is 0 Å².